The van der Waals surface area contributed by atoms with Gasteiger partial charge in [0.25, 0.3) is 11.5 Å². The number of nitrogens with one attached hydrogen (secondary N) is 1. The van der Waals surface area contributed by atoms with Crippen LogP contribution in [0.25, 0.3) is 6.08 Å². The lowest BCUT2D eigenvalue weighted by atomic mass is 10.2. The molecule has 27 heavy (non-hydrogen) atoms. The second kappa shape index (κ2) is 8.92. The third-order valence-electron chi connectivity index (χ3n) is 3.98. The smallest absolute Gasteiger partial charge is 0.330 e. The number of amides is 1. The van der Waals surface area contributed by atoms with Gasteiger partial charge < -0.3 is 10.6 Å². The van der Waals surface area contributed by atoms with Gasteiger partial charge in [-0.3, -0.25) is 19.1 Å². The zero-order chi connectivity index (χ0) is 20.1. The van der Waals surface area contributed by atoms with Gasteiger partial charge in [0, 0.05) is 29.7 Å². The number of nitrogen functional groups attached to an aromatic ring is 1. The Kier molecular flexibility index (Phi) is 6.87. The lowest BCUT2D eigenvalue weighted by molar-refractivity contribution is -0.113. The Morgan fingerprint density at radius 3 is 2.67 bits per heavy atom. The molecule has 0 fully saturated rings. The van der Waals surface area contributed by atoms with Crippen molar-refractivity contribution in [2.75, 3.05) is 17.7 Å². The van der Waals surface area contributed by atoms with E-state index >= 15 is 0 Å². The highest BCUT2D eigenvalue weighted by Gasteiger charge is 2.19. The first-order chi connectivity index (χ1) is 12.8. The van der Waals surface area contributed by atoms with Gasteiger partial charge in [-0.15, -0.1) is 0 Å². The maximum Gasteiger partial charge on any atom is 0.330 e. The van der Waals surface area contributed by atoms with E-state index in [1.54, 1.807) is 18.2 Å². The minimum atomic E-state index is -0.723. The highest BCUT2D eigenvalue weighted by Crippen LogP contribution is 2.22. The molecule has 0 aliphatic rings. The number of carbonyl (C=O) groups is 1. The van der Waals surface area contributed by atoms with Crippen LogP contribution in [0.2, 0.25) is 10.0 Å². The van der Waals surface area contributed by atoms with Crippen molar-refractivity contribution in [1.29, 1.82) is 0 Å². The van der Waals surface area contributed by atoms with Gasteiger partial charge >= 0.3 is 5.69 Å². The largest absolute Gasteiger partial charge is 0.383 e. The third-order valence-corrected chi connectivity index (χ3v) is 4.55. The number of carbonyl (C=O) groups excluding carboxylic acids is 1. The summed E-state index contributed by atoms with van der Waals surface area (Å²) in [5.74, 6) is -0.551. The quantitative estimate of drug-likeness (QED) is 0.714. The number of hydrogen-bond acceptors (Lipinski definition) is 4. The first-order valence-electron chi connectivity index (χ1n) is 8.29. The normalized spacial score (nSPS) is 11.1. The minimum absolute atomic E-state index is 0.0500. The fraction of sp³-hybridized carbons (Fsp3) is 0.278. The van der Waals surface area contributed by atoms with Crippen LogP contribution >= 0.6 is 23.2 Å². The standard InChI is InChI=1S/C18H20Cl2N4O3/c1-3-4-9-24-16(21)15(17(26)22-18(24)27)23(2)14(25)8-6-11-5-7-12(19)10-13(11)20/h5-8,10H,3-4,9,21H2,1-2H3,(H,22,26,27)/b8-6+. The zero-order valence-electron chi connectivity index (χ0n) is 15.0. The fourth-order valence-electron chi connectivity index (χ4n) is 2.46. The van der Waals surface area contributed by atoms with Crippen molar-refractivity contribution >= 4 is 46.7 Å². The number of aromatic nitrogens is 2. The molecule has 0 unspecified atom stereocenters. The molecule has 9 heteroatoms. The van der Waals surface area contributed by atoms with Crippen molar-refractivity contribution in [2.45, 2.75) is 26.3 Å². The predicted molar refractivity (Wildman–Crippen MR) is 110 cm³/mol. The molecule has 1 aromatic carbocycles. The van der Waals surface area contributed by atoms with E-state index in [1.807, 2.05) is 6.92 Å². The molecule has 0 saturated heterocycles. The molecule has 0 atom stereocenters. The maximum atomic E-state index is 12.5. The van der Waals surface area contributed by atoms with Gasteiger partial charge in [0.1, 0.15) is 5.82 Å². The van der Waals surface area contributed by atoms with Crippen LogP contribution in [0.4, 0.5) is 11.5 Å². The number of nitrogens with zero attached hydrogens (tertiary/aromatic N) is 2. The summed E-state index contributed by atoms with van der Waals surface area (Å²) in [5.41, 5.74) is 5.19. The van der Waals surface area contributed by atoms with E-state index in [1.165, 1.54) is 23.8 Å². The van der Waals surface area contributed by atoms with Gasteiger partial charge in [-0.2, -0.15) is 0 Å². The molecule has 1 aromatic heterocycles. The first kappa shape index (κ1) is 20.8. The molecular formula is C18H20Cl2N4O3. The molecule has 0 spiro atoms. The van der Waals surface area contributed by atoms with E-state index < -0.39 is 17.2 Å². The monoisotopic (exact) mass is 410 g/mol. The van der Waals surface area contributed by atoms with Gasteiger partial charge in [-0.05, 0) is 30.2 Å². The van der Waals surface area contributed by atoms with Crippen LogP contribution in [-0.2, 0) is 11.3 Å². The van der Waals surface area contributed by atoms with Crippen LogP contribution < -0.4 is 21.9 Å². The molecule has 0 bridgehead atoms. The Morgan fingerprint density at radius 1 is 1.33 bits per heavy atom. The van der Waals surface area contributed by atoms with Crippen LogP contribution in [-0.4, -0.2) is 22.5 Å². The first-order valence-corrected chi connectivity index (χ1v) is 9.05. The van der Waals surface area contributed by atoms with Crippen LogP contribution in [0.5, 0.6) is 0 Å². The lowest BCUT2D eigenvalue weighted by Gasteiger charge is -2.19. The molecule has 3 N–H and O–H groups in total. The van der Waals surface area contributed by atoms with Crippen LogP contribution in [0.15, 0.2) is 33.9 Å². The molecular weight excluding hydrogens is 391 g/mol. The van der Waals surface area contributed by atoms with Crippen molar-refractivity contribution in [3.05, 3.63) is 60.7 Å². The highest BCUT2D eigenvalue weighted by atomic mass is 35.5. The lowest BCUT2D eigenvalue weighted by Crippen LogP contribution is -2.38. The molecule has 0 saturated carbocycles. The van der Waals surface area contributed by atoms with E-state index in [0.717, 1.165) is 11.3 Å². The topological polar surface area (TPSA) is 101 Å². The Labute approximate surface area is 166 Å². The highest BCUT2D eigenvalue weighted by molar-refractivity contribution is 6.35. The second-order valence-electron chi connectivity index (χ2n) is 5.89. The molecule has 7 nitrogen and oxygen atoms in total. The molecule has 0 radical (unpaired) electrons. The van der Waals surface area contributed by atoms with Crippen molar-refractivity contribution < 1.29 is 4.79 Å². The molecule has 144 valence electrons. The summed E-state index contributed by atoms with van der Waals surface area (Å²) in [5, 5.41) is 0.869. The number of nitrogens with two attached hydrogens (primary N) is 1. The number of likely N-dealkylation sites (N-methyl/N-ethyl adjacent to an activating group) is 1. The van der Waals surface area contributed by atoms with Crippen LogP contribution in [0, 0.1) is 0 Å². The molecule has 0 aliphatic carbocycles. The van der Waals surface area contributed by atoms with Crippen molar-refractivity contribution in [3.63, 3.8) is 0 Å². The Morgan fingerprint density at radius 2 is 2.04 bits per heavy atom. The Bertz CT molecular complexity index is 995. The van der Waals surface area contributed by atoms with Gasteiger partial charge in [-0.25, -0.2) is 4.79 Å². The third kappa shape index (κ3) is 4.81. The number of unbranched alkanes of at least 4 members (excludes halogenated alkanes) is 1. The summed E-state index contributed by atoms with van der Waals surface area (Å²) >= 11 is 11.9. The second-order valence-corrected chi connectivity index (χ2v) is 6.74. The van der Waals surface area contributed by atoms with E-state index in [9.17, 15) is 14.4 Å². The number of hydrogen-bond donors (Lipinski definition) is 2. The average molecular weight is 411 g/mol. The van der Waals surface area contributed by atoms with E-state index in [4.69, 9.17) is 28.9 Å². The molecule has 1 heterocycles. The van der Waals surface area contributed by atoms with E-state index in [2.05, 4.69) is 4.98 Å². The summed E-state index contributed by atoms with van der Waals surface area (Å²) < 4.78 is 1.25. The summed E-state index contributed by atoms with van der Waals surface area (Å²) in [6, 6.07) is 4.87. The SMILES string of the molecule is CCCCn1c(N)c(N(C)C(=O)/C=C/c2ccc(Cl)cc2Cl)c(=O)[nH]c1=O. The van der Waals surface area contributed by atoms with Crippen LogP contribution in [0.1, 0.15) is 25.3 Å². The molecule has 2 rings (SSSR count). The Hall–Kier alpha value is -2.51. The van der Waals surface area contributed by atoms with Gasteiger partial charge in [0.15, 0.2) is 5.69 Å². The van der Waals surface area contributed by atoms with Crippen molar-refractivity contribution in [3.8, 4) is 0 Å². The van der Waals surface area contributed by atoms with E-state index in [0.29, 0.717) is 28.6 Å². The number of halogens is 2. The van der Waals surface area contributed by atoms with Crippen molar-refractivity contribution in [1.82, 2.24) is 9.55 Å². The van der Waals surface area contributed by atoms with Crippen molar-refractivity contribution in [2.24, 2.45) is 0 Å². The number of H-pyrrole nitrogens is 1. The summed E-state index contributed by atoms with van der Waals surface area (Å²) in [4.78, 5) is 39.9. The number of benzene rings is 1. The fourth-order valence-corrected chi connectivity index (χ4v) is 2.93. The van der Waals surface area contributed by atoms with Gasteiger partial charge in [0.2, 0.25) is 0 Å². The maximum absolute atomic E-state index is 12.5. The Balaban J connectivity index is 2.34. The number of aromatic amines is 1. The summed E-state index contributed by atoms with van der Waals surface area (Å²) in [6.07, 6.45) is 4.33. The predicted octanol–water partition coefficient (Wildman–Crippen LogP) is 2.90. The van der Waals surface area contributed by atoms with Gasteiger partial charge in [-0.1, -0.05) is 42.6 Å². The molecule has 1 amide bonds. The van der Waals surface area contributed by atoms with E-state index in [-0.39, 0.29) is 11.5 Å². The number of rotatable bonds is 6. The summed E-state index contributed by atoms with van der Waals surface area (Å²) in [6.45, 7) is 2.32. The van der Waals surface area contributed by atoms with Gasteiger partial charge in [0.05, 0.1) is 0 Å². The molecule has 2 aromatic rings. The zero-order valence-corrected chi connectivity index (χ0v) is 16.5. The number of anilines is 2. The summed E-state index contributed by atoms with van der Waals surface area (Å²) in [7, 11) is 1.41. The molecule has 0 aliphatic heterocycles. The minimum Gasteiger partial charge on any atom is -0.383 e. The average Bonchev–Trinajstić information content (AvgIpc) is 2.60. The van der Waals surface area contributed by atoms with Crippen LogP contribution in [0.3, 0.4) is 0 Å².